The van der Waals surface area contributed by atoms with E-state index in [2.05, 4.69) is 71.7 Å². The Labute approximate surface area is 153 Å². The molecule has 3 heteroatoms. The summed E-state index contributed by atoms with van der Waals surface area (Å²) in [4.78, 5) is 11.4. The highest BCUT2D eigenvalue weighted by molar-refractivity contribution is 5.80. The number of aromatic nitrogens is 1. The summed E-state index contributed by atoms with van der Waals surface area (Å²) >= 11 is 0. The summed E-state index contributed by atoms with van der Waals surface area (Å²) < 4.78 is 0. The van der Waals surface area contributed by atoms with Gasteiger partial charge in [0.25, 0.3) is 0 Å². The molecule has 0 radical (unpaired) electrons. The van der Waals surface area contributed by atoms with Crippen molar-refractivity contribution in [3.05, 3.63) is 76.9 Å². The number of rotatable bonds is 3. The highest BCUT2D eigenvalue weighted by Crippen LogP contribution is 2.41. The third kappa shape index (κ3) is 2.80. The Morgan fingerprint density at radius 3 is 2.77 bits per heavy atom. The van der Waals surface area contributed by atoms with Crippen LogP contribution in [0.4, 0.5) is 0 Å². The summed E-state index contributed by atoms with van der Waals surface area (Å²) in [7, 11) is 2.05. The lowest BCUT2D eigenvalue weighted by molar-refractivity contribution is 0.498. The molecule has 0 saturated heterocycles. The highest BCUT2D eigenvalue weighted by atomic mass is 15.2. The molecule has 128 valence electrons. The Morgan fingerprint density at radius 1 is 0.962 bits per heavy atom. The lowest BCUT2D eigenvalue weighted by atomic mass is 9.97. The fourth-order valence-corrected chi connectivity index (χ4v) is 3.66. The van der Waals surface area contributed by atoms with Crippen LogP contribution in [-0.4, -0.2) is 23.6 Å². The van der Waals surface area contributed by atoms with Crippen molar-refractivity contribution in [3.8, 4) is 22.4 Å². The van der Waals surface area contributed by atoms with Gasteiger partial charge in [-0.15, -0.1) is 0 Å². The Hall–Kier alpha value is -2.94. The van der Waals surface area contributed by atoms with Gasteiger partial charge < -0.3 is 4.90 Å². The molecule has 1 saturated carbocycles. The van der Waals surface area contributed by atoms with Crippen LogP contribution in [0.25, 0.3) is 28.6 Å². The highest BCUT2D eigenvalue weighted by Gasteiger charge is 2.23. The van der Waals surface area contributed by atoms with Gasteiger partial charge in [-0.1, -0.05) is 30.3 Å². The number of hydrogen-bond donors (Lipinski definition) is 0. The first-order valence-electron chi connectivity index (χ1n) is 9.20. The van der Waals surface area contributed by atoms with Gasteiger partial charge in [-0.05, 0) is 54.2 Å². The molecular weight excluding hydrogens is 318 g/mol. The van der Waals surface area contributed by atoms with E-state index in [1.807, 2.05) is 12.3 Å². The fourth-order valence-electron chi connectivity index (χ4n) is 3.66. The molecule has 1 aliphatic carbocycles. The van der Waals surface area contributed by atoms with Crippen LogP contribution < -0.4 is 10.6 Å². The van der Waals surface area contributed by atoms with E-state index >= 15 is 0 Å². The molecule has 26 heavy (non-hydrogen) atoms. The lowest BCUT2D eigenvalue weighted by Crippen LogP contribution is -2.34. The van der Waals surface area contributed by atoms with Gasteiger partial charge in [0.2, 0.25) is 0 Å². The predicted octanol–water partition coefficient (Wildman–Crippen LogP) is 3.55. The molecule has 1 aliphatic heterocycles. The van der Waals surface area contributed by atoms with Crippen molar-refractivity contribution in [1.82, 2.24) is 9.88 Å². The van der Waals surface area contributed by atoms with Gasteiger partial charge in [-0.25, -0.2) is 0 Å². The molecule has 0 bridgehead atoms. The van der Waals surface area contributed by atoms with E-state index in [0.717, 1.165) is 28.9 Å². The lowest BCUT2D eigenvalue weighted by Gasteiger charge is -2.15. The maximum atomic E-state index is 4.73. The van der Waals surface area contributed by atoms with Crippen LogP contribution in [0.15, 0.2) is 65.8 Å². The van der Waals surface area contributed by atoms with Crippen LogP contribution in [0.2, 0.25) is 0 Å². The molecule has 3 nitrogen and oxygen atoms in total. The van der Waals surface area contributed by atoms with Gasteiger partial charge in [0.05, 0.1) is 11.1 Å². The summed E-state index contributed by atoms with van der Waals surface area (Å²) in [5, 5.41) is 2.23. The smallest absolute Gasteiger partial charge is 0.110 e. The molecule has 5 rings (SSSR count). The summed E-state index contributed by atoms with van der Waals surface area (Å²) in [5.74, 6) is 0.748. The SMILES string of the molecule is CN1C=c2cc(-c3cccnc3-c3cccc(C4CC4)c3)ccc2=NC1. The maximum absolute atomic E-state index is 4.73. The first-order chi connectivity index (χ1) is 12.8. The number of fused-ring (bicyclic) bond motifs is 1. The molecule has 0 spiro atoms. The van der Waals surface area contributed by atoms with Gasteiger partial charge in [0, 0.05) is 35.8 Å². The first kappa shape index (κ1) is 15.3. The van der Waals surface area contributed by atoms with Crippen molar-refractivity contribution in [2.45, 2.75) is 18.8 Å². The molecule has 0 amide bonds. The van der Waals surface area contributed by atoms with Gasteiger partial charge in [0.1, 0.15) is 6.67 Å². The van der Waals surface area contributed by atoms with Crippen LogP contribution in [-0.2, 0) is 0 Å². The Kier molecular flexibility index (Phi) is 3.59. The molecule has 1 aromatic heterocycles. The monoisotopic (exact) mass is 339 g/mol. The Balaban J connectivity index is 1.65. The molecule has 2 aliphatic rings. The van der Waals surface area contributed by atoms with E-state index in [1.54, 1.807) is 0 Å². The van der Waals surface area contributed by atoms with Crippen LogP contribution in [0.3, 0.4) is 0 Å². The summed E-state index contributed by atoms with van der Waals surface area (Å²) in [6, 6.07) is 19.6. The molecular formula is C23H21N3. The second-order valence-corrected chi connectivity index (χ2v) is 7.26. The average Bonchev–Trinajstić information content (AvgIpc) is 3.53. The number of pyridine rings is 1. The van der Waals surface area contributed by atoms with Gasteiger partial charge in [-0.2, -0.15) is 0 Å². The quantitative estimate of drug-likeness (QED) is 0.730. The minimum absolute atomic E-state index is 0.721. The number of hydrogen-bond acceptors (Lipinski definition) is 3. The predicted molar refractivity (Wildman–Crippen MR) is 105 cm³/mol. The molecule has 3 aromatic rings. The summed E-state index contributed by atoms with van der Waals surface area (Å²) in [6.45, 7) is 0.721. The minimum Gasteiger partial charge on any atom is -0.361 e. The molecule has 0 atom stereocenters. The number of nitrogens with zero attached hydrogens (tertiary/aromatic N) is 3. The van der Waals surface area contributed by atoms with Gasteiger partial charge in [0.15, 0.2) is 0 Å². The second kappa shape index (κ2) is 6.10. The standard InChI is InChI=1S/C23H21N3/c1-26-14-20-13-18(9-10-22(20)25-15-26)21-6-3-11-24-23(21)19-5-2-4-17(12-19)16-7-8-16/h2-6,9-14,16H,7-8,15H2,1H3. The topological polar surface area (TPSA) is 28.5 Å². The normalized spacial score (nSPS) is 15.8. The zero-order chi connectivity index (χ0) is 17.5. The molecule has 2 heterocycles. The average molecular weight is 339 g/mol. The summed E-state index contributed by atoms with van der Waals surface area (Å²) in [6.07, 6.45) is 6.68. The van der Waals surface area contributed by atoms with Gasteiger partial charge >= 0.3 is 0 Å². The Bertz CT molecular complexity index is 1100. The minimum atomic E-state index is 0.721. The summed E-state index contributed by atoms with van der Waals surface area (Å²) in [5.41, 5.74) is 6.05. The van der Waals surface area contributed by atoms with E-state index in [1.165, 1.54) is 35.1 Å². The maximum Gasteiger partial charge on any atom is 0.110 e. The van der Waals surface area contributed by atoms with Crippen LogP contribution in [0.5, 0.6) is 0 Å². The largest absolute Gasteiger partial charge is 0.361 e. The molecule has 1 fully saturated rings. The van der Waals surface area contributed by atoms with Crippen LogP contribution >= 0.6 is 0 Å². The van der Waals surface area contributed by atoms with Crippen LogP contribution in [0, 0.1) is 0 Å². The third-order valence-electron chi connectivity index (χ3n) is 5.18. The zero-order valence-electron chi connectivity index (χ0n) is 14.9. The van der Waals surface area contributed by atoms with Crippen molar-refractivity contribution in [3.63, 3.8) is 0 Å². The first-order valence-corrected chi connectivity index (χ1v) is 9.20. The Morgan fingerprint density at radius 2 is 1.88 bits per heavy atom. The van der Waals surface area contributed by atoms with E-state index in [0.29, 0.717) is 0 Å². The second-order valence-electron chi connectivity index (χ2n) is 7.26. The fraction of sp³-hybridized carbons (Fsp3) is 0.217. The van der Waals surface area contributed by atoms with E-state index < -0.39 is 0 Å². The zero-order valence-corrected chi connectivity index (χ0v) is 14.9. The van der Waals surface area contributed by atoms with E-state index in [4.69, 9.17) is 4.98 Å². The van der Waals surface area contributed by atoms with Crippen molar-refractivity contribution in [2.75, 3.05) is 13.7 Å². The van der Waals surface area contributed by atoms with E-state index in [-0.39, 0.29) is 0 Å². The van der Waals surface area contributed by atoms with Crippen LogP contribution in [0.1, 0.15) is 24.3 Å². The van der Waals surface area contributed by atoms with Gasteiger partial charge in [-0.3, -0.25) is 9.98 Å². The van der Waals surface area contributed by atoms with Crippen molar-refractivity contribution in [1.29, 1.82) is 0 Å². The number of benzene rings is 2. The van der Waals surface area contributed by atoms with Crippen molar-refractivity contribution < 1.29 is 0 Å². The van der Waals surface area contributed by atoms with E-state index in [9.17, 15) is 0 Å². The molecule has 2 aromatic carbocycles. The third-order valence-corrected chi connectivity index (χ3v) is 5.18. The van der Waals surface area contributed by atoms with Crippen molar-refractivity contribution >= 4 is 6.20 Å². The molecule has 0 N–H and O–H groups in total. The van der Waals surface area contributed by atoms with Crippen molar-refractivity contribution in [2.24, 2.45) is 4.99 Å². The molecule has 0 unspecified atom stereocenters.